The van der Waals surface area contributed by atoms with E-state index in [1.165, 1.54) is 12.1 Å². The van der Waals surface area contributed by atoms with Gasteiger partial charge in [0.1, 0.15) is 5.82 Å². The Hall–Kier alpha value is -1.91. The maximum absolute atomic E-state index is 13.2. The summed E-state index contributed by atoms with van der Waals surface area (Å²) in [4.78, 5) is 27.8. The number of amides is 2. The SMILES string of the molecule is CC(C)N1CC(C(=O)N(C)Cc2cccc(F)c2)CCC1=O. The number of benzene rings is 1. The van der Waals surface area contributed by atoms with E-state index in [0.717, 1.165) is 5.56 Å². The van der Waals surface area contributed by atoms with Crippen LogP contribution < -0.4 is 0 Å². The molecule has 0 radical (unpaired) electrons. The fourth-order valence-corrected chi connectivity index (χ4v) is 2.87. The first kappa shape index (κ1) is 16.5. The predicted octanol–water partition coefficient (Wildman–Crippen LogP) is 2.43. The van der Waals surface area contributed by atoms with Crippen molar-refractivity contribution in [3.8, 4) is 0 Å². The largest absolute Gasteiger partial charge is 0.341 e. The van der Waals surface area contributed by atoms with Gasteiger partial charge in [0.25, 0.3) is 0 Å². The van der Waals surface area contributed by atoms with Crippen molar-refractivity contribution in [3.63, 3.8) is 0 Å². The van der Waals surface area contributed by atoms with Gasteiger partial charge >= 0.3 is 0 Å². The summed E-state index contributed by atoms with van der Waals surface area (Å²) in [7, 11) is 1.73. The summed E-state index contributed by atoms with van der Waals surface area (Å²) in [5, 5.41) is 0. The van der Waals surface area contributed by atoms with E-state index in [0.29, 0.717) is 25.9 Å². The standard InChI is InChI=1S/C17H23FN2O2/c1-12(2)20-11-14(7-8-16(20)21)17(22)19(3)10-13-5-4-6-15(18)9-13/h4-6,9,12,14H,7-8,10-11H2,1-3H3. The maximum atomic E-state index is 13.2. The summed E-state index contributed by atoms with van der Waals surface area (Å²) >= 11 is 0. The Balaban J connectivity index is 2.00. The highest BCUT2D eigenvalue weighted by Gasteiger charge is 2.32. The lowest BCUT2D eigenvalue weighted by Gasteiger charge is -2.36. The van der Waals surface area contributed by atoms with E-state index in [1.807, 2.05) is 13.8 Å². The molecule has 5 heteroatoms. The summed E-state index contributed by atoms with van der Waals surface area (Å²) in [6.07, 6.45) is 1.01. The van der Waals surface area contributed by atoms with Crippen molar-refractivity contribution < 1.29 is 14.0 Å². The van der Waals surface area contributed by atoms with Gasteiger partial charge in [0.15, 0.2) is 0 Å². The highest BCUT2D eigenvalue weighted by atomic mass is 19.1. The van der Waals surface area contributed by atoms with Gasteiger partial charge in [-0.05, 0) is 38.0 Å². The lowest BCUT2D eigenvalue weighted by atomic mass is 9.95. The molecule has 0 aromatic heterocycles. The Morgan fingerprint density at radius 2 is 2.18 bits per heavy atom. The van der Waals surface area contributed by atoms with E-state index < -0.39 is 0 Å². The Morgan fingerprint density at radius 3 is 2.82 bits per heavy atom. The highest BCUT2D eigenvalue weighted by Crippen LogP contribution is 2.22. The lowest BCUT2D eigenvalue weighted by molar-refractivity contribution is -0.143. The second-order valence-electron chi connectivity index (χ2n) is 6.20. The molecule has 1 saturated heterocycles. The molecule has 4 nitrogen and oxygen atoms in total. The molecule has 2 amide bonds. The summed E-state index contributed by atoms with van der Waals surface area (Å²) in [6, 6.07) is 6.38. The van der Waals surface area contributed by atoms with Crippen LogP contribution in [0.4, 0.5) is 4.39 Å². The molecule has 1 aliphatic heterocycles. The van der Waals surface area contributed by atoms with Gasteiger partial charge in [0.05, 0.1) is 5.92 Å². The van der Waals surface area contributed by atoms with Crippen LogP contribution in [0, 0.1) is 11.7 Å². The van der Waals surface area contributed by atoms with Crippen molar-refractivity contribution >= 4 is 11.8 Å². The fraction of sp³-hybridized carbons (Fsp3) is 0.529. The van der Waals surface area contributed by atoms with Crippen LogP contribution in [0.3, 0.4) is 0 Å². The van der Waals surface area contributed by atoms with Crippen LogP contribution in [0.25, 0.3) is 0 Å². The highest BCUT2D eigenvalue weighted by molar-refractivity contribution is 5.83. The first-order valence-electron chi connectivity index (χ1n) is 7.67. The number of hydrogen-bond donors (Lipinski definition) is 0. The third-order valence-corrected chi connectivity index (χ3v) is 4.10. The Morgan fingerprint density at radius 1 is 1.45 bits per heavy atom. The monoisotopic (exact) mass is 306 g/mol. The number of halogens is 1. The third kappa shape index (κ3) is 3.84. The van der Waals surface area contributed by atoms with Crippen molar-refractivity contribution in [3.05, 3.63) is 35.6 Å². The van der Waals surface area contributed by atoms with Crippen LogP contribution in [-0.4, -0.2) is 41.2 Å². The zero-order valence-corrected chi connectivity index (χ0v) is 13.4. The molecule has 1 aliphatic rings. The Labute approximate surface area is 130 Å². The molecule has 1 heterocycles. The minimum atomic E-state index is -0.299. The molecule has 2 rings (SSSR count). The minimum absolute atomic E-state index is 0.0161. The summed E-state index contributed by atoms with van der Waals surface area (Å²) in [5.41, 5.74) is 0.767. The maximum Gasteiger partial charge on any atom is 0.227 e. The van der Waals surface area contributed by atoms with Gasteiger partial charge in [-0.3, -0.25) is 9.59 Å². The van der Waals surface area contributed by atoms with Crippen LogP contribution in [-0.2, 0) is 16.1 Å². The van der Waals surface area contributed by atoms with Crippen LogP contribution in [0.15, 0.2) is 24.3 Å². The number of nitrogens with zero attached hydrogens (tertiary/aromatic N) is 2. The molecule has 0 aliphatic carbocycles. The molecule has 0 bridgehead atoms. The van der Waals surface area contributed by atoms with E-state index in [2.05, 4.69) is 0 Å². The quantitative estimate of drug-likeness (QED) is 0.857. The van der Waals surface area contributed by atoms with Crippen molar-refractivity contribution in [1.29, 1.82) is 0 Å². The van der Waals surface area contributed by atoms with Crippen LogP contribution in [0.5, 0.6) is 0 Å². The van der Waals surface area contributed by atoms with Crippen molar-refractivity contribution in [2.75, 3.05) is 13.6 Å². The molecule has 22 heavy (non-hydrogen) atoms. The number of hydrogen-bond acceptors (Lipinski definition) is 2. The average molecular weight is 306 g/mol. The first-order valence-corrected chi connectivity index (χ1v) is 7.67. The van der Waals surface area contributed by atoms with E-state index in [9.17, 15) is 14.0 Å². The van der Waals surface area contributed by atoms with Gasteiger partial charge in [-0.15, -0.1) is 0 Å². The zero-order chi connectivity index (χ0) is 16.3. The van der Waals surface area contributed by atoms with Crippen molar-refractivity contribution in [2.24, 2.45) is 5.92 Å². The molecule has 1 atom stereocenters. The van der Waals surface area contributed by atoms with Crippen molar-refractivity contribution in [1.82, 2.24) is 9.80 Å². The smallest absolute Gasteiger partial charge is 0.227 e. The average Bonchev–Trinajstić information content (AvgIpc) is 2.46. The molecule has 1 aromatic carbocycles. The van der Waals surface area contributed by atoms with Gasteiger partial charge in [0.2, 0.25) is 11.8 Å². The van der Waals surface area contributed by atoms with Crippen LogP contribution >= 0.6 is 0 Å². The van der Waals surface area contributed by atoms with Gasteiger partial charge < -0.3 is 9.80 Å². The van der Waals surface area contributed by atoms with Gasteiger partial charge in [-0.25, -0.2) is 4.39 Å². The summed E-state index contributed by atoms with van der Waals surface area (Å²) < 4.78 is 13.2. The van der Waals surface area contributed by atoms with Gasteiger partial charge in [-0.1, -0.05) is 12.1 Å². The molecular formula is C17H23FN2O2. The number of piperidine rings is 1. The number of carbonyl (C=O) groups is 2. The van der Waals surface area contributed by atoms with Crippen LogP contribution in [0.1, 0.15) is 32.3 Å². The zero-order valence-electron chi connectivity index (χ0n) is 13.4. The van der Waals surface area contributed by atoms with Crippen molar-refractivity contribution in [2.45, 2.75) is 39.3 Å². The number of rotatable bonds is 4. The number of likely N-dealkylation sites (tertiary alicyclic amines) is 1. The summed E-state index contributed by atoms with van der Waals surface area (Å²) in [5.74, 6) is -0.333. The normalized spacial score (nSPS) is 18.7. The molecule has 0 saturated carbocycles. The third-order valence-electron chi connectivity index (χ3n) is 4.10. The van der Waals surface area contributed by atoms with E-state index in [1.54, 1.807) is 29.0 Å². The topological polar surface area (TPSA) is 40.6 Å². The molecule has 0 N–H and O–H groups in total. The van der Waals surface area contributed by atoms with Crippen LogP contribution in [0.2, 0.25) is 0 Å². The first-order chi connectivity index (χ1) is 10.4. The Bertz CT molecular complexity index is 559. The minimum Gasteiger partial charge on any atom is -0.341 e. The molecule has 0 spiro atoms. The molecule has 1 unspecified atom stereocenters. The fourth-order valence-electron chi connectivity index (χ4n) is 2.87. The predicted molar refractivity (Wildman–Crippen MR) is 82.4 cm³/mol. The number of carbonyl (C=O) groups excluding carboxylic acids is 2. The second-order valence-corrected chi connectivity index (χ2v) is 6.20. The Kier molecular flexibility index (Phi) is 5.16. The van der Waals surface area contributed by atoms with E-state index in [4.69, 9.17) is 0 Å². The molecule has 1 fully saturated rings. The second kappa shape index (κ2) is 6.90. The van der Waals surface area contributed by atoms with E-state index in [-0.39, 0.29) is 29.6 Å². The molecular weight excluding hydrogens is 283 g/mol. The lowest BCUT2D eigenvalue weighted by Crippen LogP contribution is -2.48. The summed E-state index contributed by atoms with van der Waals surface area (Å²) in [6.45, 7) is 4.77. The molecule has 1 aromatic rings. The van der Waals surface area contributed by atoms with Gasteiger partial charge in [-0.2, -0.15) is 0 Å². The molecule has 120 valence electrons. The van der Waals surface area contributed by atoms with Gasteiger partial charge in [0, 0.05) is 32.6 Å². The van der Waals surface area contributed by atoms with E-state index >= 15 is 0 Å².